The number of nitrogens with one attached hydrogen (secondary N) is 3. The topological polar surface area (TPSA) is 100 Å². The molecule has 0 aliphatic carbocycles. The molecule has 45 heavy (non-hydrogen) atoms. The van der Waals surface area contributed by atoms with Gasteiger partial charge in [0, 0.05) is 37.7 Å². The first-order valence-corrected chi connectivity index (χ1v) is 15.9. The quantitative estimate of drug-likeness (QED) is 0.102. The summed E-state index contributed by atoms with van der Waals surface area (Å²) in [7, 11) is 0. The average Bonchev–Trinajstić information content (AvgIpc) is 3.49. The molecule has 5 aromatic rings. The molecule has 3 N–H and O–H groups in total. The van der Waals surface area contributed by atoms with Crippen molar-refractivity contribution in [3.05, 3.63) is 135 Å². The standard InChI is InChI=1S/C33H23Cl2FN4O3S2/c34-22-10-15-25(26(35)17-22)29-18-45-33(39-29)40-30(41)19-44-24-13-11-23(12-14-24)37-32(43)28(16-21-8-4-5-9-27(21)36)38-31(42)20-6-2-1-3-7-20/h1-18H,19H2,(H,37,43)(H,38,42)(H,39,40,41)/b28-16-. The summed E-state index contributed by atoms with van der Waals surface area (Å²) >= 11 is 14.8. The number of thiazole rings is 1. The van der Waals surface area contributed by atoms with E-state index in [9.17, 15) is 18.8 Å². The Labute approximate surface area is 276 Å². The van der Waals surface area contributed by atoms with Crippen LogP contribution in [-0.2, 0) is 9.59 Å². The van der Waals surface area contributed by atoms with Crippen molar-refractivity contribution in [1.29, 1.82) is 0 Å². The van der Waals surface area contributed by atoms with Crippen molar-refractivity contribution in [2.75, 3.05) is 16.4 Å². The lowest BCUT2D eigenvalue weighted by molar-refractivity contribution is -0.114. The first-order valence-electron chi connectivity index (χ1n) is 13.3. The summed E-state index contributed by atoms with van der Waals surface area (Å²) in [4.78, 5) is 43.8. The molecule has 4 aromatic carbocycles. The number of carbonyl (C=O) groups excluding carboxylic acids is 3. The van der Waals surface area contributed by atoms with Gasteiger partial charge in [-0.05, 0) is 66.7 Å². The number of hydrogen-bond acceptors (Lipinski definition) is 6. The van der Waals surface area contributed by atoms with E-state index in [2.05, 4.69) is 20.9 Å². The second-order valence-corrected chi connectivity index (χ2v) is 12.1. The zero-order valence-corrected chi connectivity index (χ0v) is 26.4. The van der Waals surface area contributed by atoms with Crippen LogP contribution in [0, 0.1) is 5.82 Å². The van der Waals surface area contributed by atoms with Crippen LogP contribution < -0.4 is 16.0 Å². The van der Waals surface area contributed by atoms with Crippen molar-refractivity contribution in [2.24, 2.45) is 0 Å². The van der Waals surface area contributed by atoms with Gasteiger partial charge in [0.2, 0.25) is 5.91 Å². The lowest BCUT2D eigenvalue weighted by atomic mass is 10.1. The van der Waals surface area contributed by atoms with E-state index < -0.39 is 17.6 Å². The molecule has 3 amide bonds. The van der Waals surface area contributed by atoms with Crippen molar-refractivity contribution >= 4 is 80.9 Å². The molecule has 226 valence electrons. The molecular weight excluding hydrogens is 654 g/mol. The highest BCUT2D eigenvalue weighted by molar-refractivity contribution is 8.00. The SMILES string of the molecule is O=C(CSc1ccc(NC(=O)/C(=C/c2ccccc2F)NC(=O)c2ccccc2)cc1)Nc1nc(-c2ccc(Cl)cc2Cl)cs1. The Bertz CT molecular complexity index is 1880. The van der Waals surface area contributed by atoms with Gasteiger partial charge >= 0.3 is 0 Å². The second-order valence-electron chi connectivity index (χ2n) is 9.38. The molecule has 0 radical (unpaired) electrons. The van der Waals surface area contributed by atoms with Gasteiger partial charge in [0.1, 0.15) is 11.5 Å². The maximum Gasteiger partial charge on any atom is 0.272 e. The minimum absolute atomic E-state index is 0.128. The molecule has 1 aromatic heterocycles. The lowest BCUT2D eigenvalue weighted by Gasteiger charge is -2.12. The predicted molar refractivity (Wildman–Crippen MR) is 180 cm³/mol. The van der Waals surface area contributed by atoms with Crippen LogP contribution in [-0.4, -0.2) is 28.5 Å². The smallest absolute Gasteiger partial charge is 0.272 e. The highest BCUT2D eigenvalue weighted by Crippen LogP contribution is 2.32. The van der Waals surface area contributed by atoms with Gasteiger partial charge < -0.3 is 16.0 Å². The van der Waals surface area contributed by atoms with E-state index in [1.54, 1.807) is 84.2 Å². The van der Waals surface area contributed by atoms with Crippen molar-refractivity contribution in [1.82, 2.24) is 10.3 Å². The zero-order valence-electron chi connectivity index (χ0n) is 23.2. The van der Waals surface area contributed by atoms with Gasteiger partial charge in [0.15, 0.2) is 5.13 Å². The van der Waals surface area contributed by atoms with Gasteiger partial charge in [-0.25, -0.2) is 9.37 Å². The van der Waals surface area contributed by atoms with Crippen LogP contribution in [0.25, 0.3) is 17.3 Å². The van der Waals surface area contributed by atoms with E-state index in [0.29, 0.717) is 37.7 Å². The minimum Gasteiger partial charge on any atom is -0.321 e. The number of nitrogens with zero attached hydrogens (tertiary/aromatic N) is 1. The summed E-state index contributed by atoms with van der Waals surface area (Å²) in [6.45, 7) is 0. The van der Waals surface area contributed by atoms with Crippen LogP contribution in [0.4, 0.5) is 15.2 Å². The Balaban J connectivity index is 1.19. The number of thioether (sulfide) groups is 1. The fourth-order valence-corrected chi connectivity index (χ4v) is 5.91. The van der Waals surface area contributed by atoms with E-state index in [0.717, 1.165) is 4.90 Å². The Hall–Kier alpha value is -4.48. The number of benzene rings is 4. The number of hydrogen-bond donors (Lipinski definition) is 3. The number of halogens is 3. The molecule has 0 saturated carbocycles. The number of anilines is 2. The Morgan fingerprint density at radius 3 is 2.36 bits per heavy atom. The molecule has 7 nitrogen and oxygen atoms in total. The fraction of sp³-hybridized carbons (Fsp3) is 0.0303. The third-order valence-electron chi connectivity index (χ3n) is 6.17. The van der Waals surface area contributed by atoms with E-state index in [-0.39, 0.29) is 22.9 Å². The number of amides is 3. The average molecular weight is 678 g/mol. The molecule has 0 unspecified atom stereocenters. The van der Waals surface area contributed by atoms with Crippen LogP contribution in [0.1, 0.15) is 15.9 Å². The normalized spacial score (nSPS) is 11.1. The van der Waals surface area contributed by atoms with Gasteiger partial charge in [0.25, 0.3) is 11.8 Å². The molecule has 0 aliphatic rings. The van der Waals surface area contributed by atoms with Gasteiger partial charge in [-0.15, -0.1) is 23.1 Å². The molecule has 0 aliphatic heterocycles. The summed E-state index contributed by atoms with van der Waals surface area (Å²) in [6.07, 6.45) is 1.28. The largest absolute Gasteiger partial charge is 0.321 e. The Morgan fingerprint density at radius 1 is 0.889 bits per heavy atom. The highest BCUT2D eigenvalue weighted by atomic mass is 35.5. The predicted octanol–water partition coefficient (Wildman–Crippen LogP) is 8.40. The molecule has 0 fully saturated rings. The van der Waals surface area contributed by atoms with Crippen LogP contribution >= 0.6 is 46.3 Å². The summed E-state index contributed by atoms with van der Waals surface area (Å²) < 4.78 is 14.4. The maximum atomic E-state index is 14.4. The Kier molecular flexibility index (Phi) is 10.6. The highest BCUT2D eigenvalue weighted by Gasteiger charge is 2.16. The first kappa shape index (κ1) is 31.9. The van der Waals surface area contributed by atoms with Crippen LogP contribution in [0.2, 0.25) is 10.0 Å². The van der Waals surface area contributed by atoms with Gasteiger partial charge in [0.05, 0.1) is 16.5 Å². The minimum atomic E-state index is -0.634. The lowest BCUT2D eigenvalue weighted by Crippen LogP contribution is -2.30. The zero-order chi connectivity index (χ0) is 31.8. The van der Waals surface area contributed by atoms with Crippen molar-refractivity contribution < 1.29 is 18.8 Å². The third-order valence-corrected chi connectivity index (χ3v) is 8.49. The molecule has 12 heteroatoms. The van der Waals surface area contributed by atoms with Crippen LogP contribution in [0.15, 0.2) is 113 Å². The van der Waals surface area contributed by atoms with E-state index in [4.69, 9.17) is 23.2 Å². The monoisotopic (exact) mass is 676 g/mol. The molecule has 1 heterocycles. The van der Waals surface area contributed by atoms with Gasteiger partial charge in [-0.3, -0.25) is 14.4 Å². The summed E-state index contributed by atoms with van der Waals surface area (Å²) in [6, 6.07) is 26.3. The van der Waals surface area contributed by atoms with Gasteiger partial charge in [-0.2, -0.15) is 0 Å². The van der Waals surface area contributed by atoms with Crippen LogP contribution in [0.5, 0.6) is 0 Å². The van der Waals surface area contributed by atoms with E-state index in [1.165, 1.54) is 47.4 Å². The molecule has 0 saturated heterocycles. The van der Waals surface area contributed by atoms with Crippen molar-refractivity contribution in [2.45, 2.75) is 4.90 Å². The van der Waals surface area contributed by atoms with E-state index >= 15 is 0 Å². The number of rotatable bonds is 10. The summed E-state index contributed by atoms with van der Waals surface area (Å²) in [5, 5.41) is 11.3. The fourth-order valence-electron chi connectivity index (χ4n) is 3.98. The third kappa shape index (κ3) is 8.80. The van der Waals surface area contributed by atoms with Crippen molar-refractivity contribution in [3.8, 4) is 11.3 Å². The van der Waals surface area contributed by atoms with Crippen molar-refractivity contribution in [3.63, 3.8) is 0 Å². The number of carbonyl (C=O) groups is 3. The second kappa shape index (κ2) is 15.0. The summed E-state index contributed by atoms with van der Waals surface area (Å²) in [5.74, 6) is -1.80. The summed E-state index contributed by atoms with van der Waals surface area (Å²) in [5.41, 5.74) is 2.15. The van der Waals surface area contributed by atoms with E-state index in [1.807, 2.05) is 0 Å². The Morgan fingerprint density at radius 2 is 1.62 bits per heavy atom. The molecule has 0 atom stereocenters. The molecule has 5 rings (SSSR count). The molecule has 0 spiro atoms. The number of aromatic nitrogens is 1. The van der Waals surface area contributed by atoms with Crippen LogP contribution in [0.3, 0.4) is 0 Å². The molecular formula is C33H23Cl2FN4O3S2. The van der Waals surface area contributed by atoms with Gasteiger partial charge in [-0.1, -0.05) is 59.6 Å². The maximum absolute atomic E-state index is 14.4. The first-order chi connectivity index (χ1) is 21.7. The molecule has 0 bridgehead atoms.